The van der Waals surface area contributed by atoms with E-state index < -0.39 is 10.0 Å². The first kappa shape index (κ1) is 21.2. The lowest BCUT2D eigenvalue weighted by molar-refractivity contribution is 0.440. The molecule has 0 saturated heterocycles. The average molecular weight is 460 g/mol. The lowest BCUT2D eigenvalue weighted by Gasteiger charge is -2.25. The molecule has 1 aliphatic rings. The van der Waals surface area contributed by atoms with Gasteiger partial charge in [-0.15, -0.1) is 10.2 Å². The van der Waals surface area contributed by atoms with Crippen LogP contribution in [0.25, 0.3) is 28.6 Å². The summed E-state index contributed by atoms with van der Waals surface area (Å²) in [6.07, 6.45) is 5.68. The first-order valence-electron chi connectivity index (χ1n) is 10.5. The molecule has 3 heterocycles. The predicted molar refractivity (Wildman–Crippen MR) is 124 cm³/mol. The maximum Gasteiger partial charge on any atom is 0.268 e. The van der Waals surface area contributed by atoms with E-state index in [1.807, 2.05) is 66.7 Å². The van der Waals surface area contributed by atoms with Gasteiger partial charge in [-0.3, -0.25) is 4.98 Å². The monoisotopic (exact) mass is 459 g/mol. The van der Waals surface area contributed by atoms with Crippen molar-refractivity contribution < 1.29 is 12.8 Å². The number of aromatic nitrogens is 4. The summed E-state index contributed by atoms with van der Waals surface area (Å²) in [6.45, 7) is 0.695. The minimum atomic E-state index is -3.40. The highest BCUT2D eigenvalue weighted by Gasteiger charge is 2.25. The lowest BCUT2D eigenvalue weighted by atomic mass is 10.1. The van der Waals surface area contributed by atoms with E-state index in [9.17, 15) is 8.42 Å². The van der Waals surface area contributed by atoms with Crippen molar-refractivity contribution in [3.63, 3.8) is 0 Å². The Morgan fingerprint density at radius 3 is 2.30 bits per heavy atom. The molecule has 2 aromatic carbocycles. The van der Waals surface area contributed by atoms with Gasteiger partial charge in [0.1, 0.15) is 5.69 Å². The SMILES string of the molecule is O=S(=O)(Cc1ccccc1)N1CC=C(c2cncc(-c3nnc(-c4ccccc4)o3)n2)CC1. The quantitative estimate of drug-likeness (QED) is 0.432. The fourth-order valence-electron chi connectivity index (χ4n) is 3.66. The van der Waals surface area contributed by atoms with Crippen LogP contribution in [0.15, 0.2) is 83.6 Å². The predicted octanol–water partition coefficient (Wildman–Crippen LogP) is 3.81. The van der Waals surface area contributed by atoms with Crippen molar-refractivity contribution in [3.8, 4) is 23.0 Å². The highest BCUT2D eigenvalue weighted by Crippen LogP contribution is 2.26. The van der Waals surface area contributed by atoms with E-state index in [2.05, 4.69) is 20.2 Å². The van der Waals surface area contributed by atoms with Crippen LogP contribution in [-0.4, -0.2) is 46.0 Å². The molecule has 1 aliphatic heterocycles. The van der Waals surface area contributed by atoms with E-state index in [4.69, 9.17) is 4.42 Å². The molecule has 166 valence electrons. The van der Waals surface area contributed by atoms with E-state index in [0.717, 1.165) is 16.7 Å². The fraction of sp³-hybridized carbons (Fsp3) is 0.167. The molecule has 2 aromatic heterocycles. The number of rotatable bonds is 6. The summed E-state index contributed by atoms with van der Waals surface area (Å²) < 4.78 is 32.9. The third kappa shape index (κ3) is 4.74. The third-order valence-corrected chi connectivity index (χ3v) is 7.20. The Balaban J connectivity index is 1.32. The smallest absolute Gasteiger partial charge is 0.268 e. The minimum Gasteiger partial charge on any atom is -0.415 e. The van der Waals surface area contributed by atoms with Gasteiger partial charge in [-0.05, 0) is 29.7 Å². The zero-order valence-corrected chi connectivity index (χ0v) is 18.5. The van der Waals surface area contributed by atoms with Crippen LogP contribution in [0.3, 0.4) is 0 Å². The maximum absolute atomic E-state index is 12.8. The Kier molecular flexibility index (Phi) is 5.80. The molecular weight excluding hydrogens is 438 g/mol. The molecule has 5 rings (SSSR count). The van der Waals surface area contributed by atoms with Crippen LogP contribution >= 0.6 is 0 Å². The second kappa shape index (κ2) is 9.05. The van der Waals surface area contributed by atoms with Crippen molar-refractivity contribution in [1.29, 1.82) is 0 Å². The van der Waals surface area contributed by atoms with E-state index in [0.29, 0.717) is 36.8 Å². The van der Waals surface area contributed by atoms with Crippen molar-refractivity contribution in [2.24, 2.45) is 0 Å². The van der Waals surface area contributed by atoms with Gasteiger partial charge in [0, 0.05) is 18.7 Å². The number of hydrogen-bond acceptors (Lipinski definition) is 7. The van der Waals surface area contributed by atoms with Gasteiger partial charge in [-0.25, -0.2) is 13.4 Å². The number of nitrogens with zero attached hydrogens (tertiary/aromatic N) is 5. The second-order valence-corrected chi connectivity index (χ2v) is 9.62. The van der Waals surface area contributed by atoms with E-state index in [-0.39, 0.29) is 11.6 Å². The molecule has 0 aliphatic carbocycles. The van der Waals surface area contributed by atoms with Gasteiger partial charge in [0.15, 0.2) is 0 Å². The second-order valence-electron chi connectivity index (χ2n) is 7.65. The molecule has 9 heteroatoms. The zero-order valence-electron chi connectivity index (χ0n) is 17.7. The fourth-order valence-corrected chi connectivity index (χ4v) is 5.13. The summed E-state index contributed by atoms with van der Waals surface area (Å²) in [4.78, 5) is 8.91. The number of hydrogen-bond donors (Lipinski definition) is 0. The van der Waals surface area contributed by atoms with Crippen LogP contribution in [-0.2, 0) is 15.8 Å². The third-order valence-electron chi connectivity index (χ3n) is 5.39. The van der Waals surface area contributed by atoms with Crippen molar-refractivity contribution in [1.82, 2.24) is 24.5 Å². The van der Waals surface area contributed by atoms with Gasteiger partial charge in [0.05, 0.1) is 23.8 Å². The summed E-state index contributed by atoms with van der Waals surface area (Å²) in [7, 11) is -3.40. The van der Waals surface area contributed by atoms with Crippen molar-refractivity contribution >= 4 is 15.6 Å². The summed E-state index contributed by atoms with van der Waals surface area (Å²) in [6, 6.07) is 18.7. The Bertz CT molecular complexity index is 1390. The van der Waals surface area contributed by atoms with Crippen LogP contribution in [0.1, 0.15) is 17.7 Å². The molecule has 0 radical (unpaired) electrons. The van der Waals surface area contributed by atoms with Crippen molar-refractivity contribution in [3.05, 3.63) is 90.4 Å². The summed E-state index contributed by atoms with van der Waals surface area (Å²) >= 11 is 0. The molecule has 0 bridgehead atoms. The van der Waals surface area contributed by atoms with E-state index in [1.54, 1.807) is 12.4 Å². The molecule has 4 aromatic rings. The molecule has 0 N–H and O–H groups in total. The van der Waals surface area contributed by atoms with Crippen LogP contribution in [0, 0.1) is 0 Å². The Morgan fingerprint density at radius 1 is 0.879 bits per heavy atom. The van der Waals surface area contributed by atoms with E-state index in [1.165, 1.54) is 4.31 Å². The first-order chi connectivity index (χ1) is 16.1. The van der Waals surface area contributed by atoms with Gasteiger partial charge < -0.3 is 4.42 Å². The topological polar surface area (TPSA) is 102 Å². The average Bonchev–Trinajstić information content (AvgIpc) is 3.36. The molecule has 0 fully saturated rings. The standard InChI is InChI=1S/C24H21N5O3S/c30-33(31,17-18-7-3-1-4-8-18)29-13-11-19(12-14-29)21-15-25-16-22(26-21)24-28-27-23(32-24)20-9-5-2-6-10-20/h1-11,15-16H,12-14,17H2. The molecule has 8 nitrogen and oxygen atoms in total. The summed E-state index contributed by atoms with van der Waals surface area (Å²) in [5.74, 6) is 0.688. The Hall–Kier alpha value is -3.69. The zero-order chi connectivity index (χ0) is 22.7. The molecule has 0 unspecified atom stereocenters. The number of sulfonamides is 1. The van der Waals surface area contributed by atoms with Gasteiger partial charge in [0.25, 0.3) is 5.89 Å². The van der Waals surface area contributed by atoms with Crippen LogP contribution in [0.2, 0.25) is 0 Å². The summed E-state index contributed by atoms with van der Waals surface area (Å²) in [5.41, 5.74) is 3.69. The van der Waals surface area contributed by atoms with Gasteiger partial charge in [-0.1, -0.05) is 54.6 Å². The molecule has 33 heavy (non-hydrogen) atoms. The lowest BCUT2D eigenvalue weighted by Crippen LogP contribution is -2.35. The van der Waals surface area contributed by atoms with Gasteiger partial charge in [-0.2, -0.15) is 4.31 Å². The van der Waals surface area contributed by atoms with Crippen LogP contribution in [0.4, 0.5) is 0 Å². The summed E-state index contributed by atoms with van der Waals surface area (Å²) in [5, 5.41) is 8.21. The Labute approximate surface area is 191 Å². The van der Waals surface area contributed by atoms with Crippen LogP contribution in [0.5, 0.6) is 0 Å². The first-order valence-corrected chi connectivity index (χ1v) is 12.1. The van der Waals surface area contributed by atoms with E-state index >= 15 is 0 Å². The molecule has 0 spiro atoms. The highest BCUT2D eigenvalue weighted by molar-refractivity contribution is 7.88. The Morgan fingerprint density at radius 2 is 1.58 bits per heavy atom. The van der Waals surface area contributed by atoms with Crippen molar-refractivity contribution in [2.45, 2.75) is 12.2 Å². The highest BCUT2D eigenvalue weighted by atomic mass is 32.2. The van der Waals surface area contributed by atoms with Gasteiger partial charge >= 0.3 is 0 Å². The van der Waals surface area contributed by atoms with Crippen LogP contribution < -0.4 is 0 Å². The van der Waals surface area contributed by atoms with Crippen molar-refractivity contribution in [2.75, 3.05) is 13.1 Å². The maximum atomic E-state index is 12.8. The minimum absolute atomic E-state index is 0.00673. The number of benzene rings is 2. The van der Waals surface area contributed by atoms with Gasteiger partial charge in [0.2, 0.25) is 15.9 Å². The molecule has 0 amide bonds. The molecular formula is C24H21N5O3S. The molecule has 0 atom stereocenters. The molecule has 0 saturated carbocycles. The normalized spacial score (nSPS) is 14.7. The largest absolute Gasteiger partial charge is 0.415 e.